The Morgan fingerprint density at radius 1 is 1.64 bits per heavy atom. The molecule has 2 N–H and O–H groups in total. The second-order valence-corrected chi connectivity index (χ2v) is 5.05. The summed E-state index contributed by atoms with van der Waals surface area (Å²) in [7, 11) is -3.13. The minimum Gasteiger partial charge on any atom is -0.449 e. The Morgan fingerprint density at radius 2 is 2.21 bits per heavy atom. The molecule has 0 fully saturated rings. The van der Waals surface area contributed by atoms with Crippen molar-refractivity contribution in [2.75, 3.05) is 18.6 Å². The molecule has 0 aliphatic rings. The minimum atomic E-state index is -3.13. The Morgan fingerprint density at radius 3 is 2.64 bits per heavy atom. The molecule has 0 amide bonds. The molecule has 0 aromatic rings. The maximum Gasteiger partial charge on any atom is 0.323 e. The first-order chi connectivity index (χ1) is 6.37. The van der Waals surface area contributed by atoms with Gasteiger partial charge < -0.3 is 10.5 Å². The zero-order valence-electron chi connectivity index (χ0n) is 7.76. The number of carbonyl (C=O) groups is 1. The summed E-state index contributed by atoms with van der Waals surface area (Å²) in [5, 5.41) is 8.09. The molecule has 0 heterocycles. The molecule has 0 unspecified atom stereocenters. The number of sulfone groups is 1. The Bertz CT molecular complexity index is 330. The van der Waals surface area contributed by atoms with Crippen molar-refractivity contribution in [1.82, 2.24) is 0 Å². The molecular formula is C7H12N2O4S. The van der Waals surface area contributed by atoms with Crippen LogP contribution in [-0.2, 0) is 19.4 Å². The highest BCUT2D eigenvalue weighted by Gasteiger charge is 2.16. The minimum absolute atomic E-state index is 0.00307. The summed E-state index contributed by atoms with van der Waals surface area (Å²) in [6, 6.07) is 0.621. The van der Waals surface area contributed by atoms with Crippen LogP contribution in [0, 0.1) is 11.3 Å². The Hall–Kier alpha value is -1.13. The summed E-state index contributed by atoms with van der Waals surface area (Å²) < 4.78 is 25.8. The largest absolute Gasteiger partial charge is 0.449 e. The van der Waals surface area contributed by atoms with E-state index in [4.69, 9.17) is 11.0 Å². The molecule has 0 saturated heterocycles. The average Bonchev–Trinajstić information content (AvgIpc) is 2.09. The van der Waals surface area contributed by atoms with Crippen LogP contribution in [0.4, 0.5) is 0 Å². The third-order valence-electron chi connectivity index (χ3n) is 1.38. The third-order valence-corrected chi connectivity index (χ3v) is 2.36. The highest BCUT2D eigenvalue weighted by atomic mass is 32.2. The molecule has 0 bridgehead atoms. The van der Waals surface area contributed by atoms with Gasteiger partial charge in [0.25, 0.3) is 0 Å². The number of carbonyl (C=O) groups excluding carboxylic acids is 1. The van der Waals surface area contributed by atoms with Crippen molar-refractivity contribution in [2.24, 2.45) is 5.73 Å². The quantitative estimate of drug-likeness (QED) is 0.583. The van der Waals surface area contributed by atoms with Crippen molar-refractivity contribution in [3.05, 3.63) is 0 Å². The van der Waals surface area contributed by atoms with Gasteiger partial charge in [0.2, 0.25) is 0 Å². The number of nitrogens with two attached hydrogens (primary N) is 1. The number of hydrogen-bond acceptors (Lipinski definition) is 6. The summed E-state index contributed by atoms with van der Waals surface area (Å²) in [6.45, 7) is -0.370. The summed E-state index contributed by atoms with van der Waals surface area (Å²) in [5.74, 6) is -0.925. The number of nitriles is 1. The summed E-state index contributed by atoms with van der Waals surface area (Å²) in [6.07, 6.45) is 1.06. The Labute approximate surface area is 82.6 Å². The first-order valence-corrected chi connectivity index (χ1v) is 5.90. The van der Waals surface area contributed by atoms with E-state index in [0.29, 0.717) is 0 Å². The lowest BCUT2D eigenvalue weighted by atomic mass is 10.2. The lowest BCUT2D eigenvalue weighted by molar-refractivity contribution is -0.143. The molecule has 1 atom stereocenters. The van der Waals surface area contributed by atoms with Crippen LogP contribution in [0.3, 0.4) is 0 Å². The maximum atomic E-state index is 10.9. The number of ether oxygens (including phenoxy) is 1. The van der Waals surface area contributed by atoms with Gasteiger partial charge in [-0.1, -0.05) is 0 Å². The first-order valence-electron chi connectivity index (χ1n) is 3.83. The van der Waals surface area contributed by atoms with Crippen LogP contribution in [0.2, 0.25) is 0 Å². The summed E-state index contributed by atoms with van der Waals surface area (Å²) in [4.78, 5) is 10.9. The van der Waals surface area contributed by atoms with E-state index in [1.54, 1.807) is 6.07 Å². The van der Waals surface area contributed by atoms with Crippen LogP contribution in [0.15, 0.2) is 0 Å². The SMILES string of the molecule is CS(=O)(=O)CC[C@H](N)C(=O)OCC#N. The van der Waals surface area contributed by atoms with E-state index in [2.05, 4.69) is 4.74 Å². The fourth-order valence-electron chi connectivity index (χ4n) is 0.669. The van der Waals surface area contributed by atoms with Gasteiger partial charge in [-0.15, -0.1) is 0 Å². The Kier molecular flexibility index (Phi) is 5.12. The van der Waals surface area contributed by atoms with Crippen molar-refractivity contribution in [2.45, 2.75) is 12.5 Å². The molecule has 7 heteroatoms. The number of esters is 1. The van der Waals surface area contributed by atoms with Crippen molar-refractivity contribution in [3.8, 4) is 6.07 Å². The van der Waals surface area contributed by atoms with Crippen LogP contribution in [0.5, 0.6) is 0 Å². The van der Waals surface area contributed by atoms with Crippen LogP contribution >= 0.6 is 0 Å². The Balaban J connectivity index is 3.92. The molecule has 0 aromatic carbocycles. The van der Waals surface area contributed by atoms with Crippen molar-refractivity contribution in [3.63, 3.8) is 0 Å². The van der Waals surface area contributed by atoms with E-state index in [-0.39, 0.29) is 18.8 Å². The first kappa shape index (κ1) is 12.9. The molecule has 14 heavy (non-hydrogen) atoms. The van der Waals surface area contributed by atoms with E-state index in [0.717, 1.165) is 6.26 Å². The molecule has 0 aliphatic carbocycles. The van der Waals surface area contributed by atoms with E-state index in [9.17, 15) is 13.2 Å². The van der Waals surface area contributed by atoms with E-state index >= 15 is 0 Å². The molecule has 6 nitrogen and oxygen atoms in total. The molecule has 0 rings (SSSR count). The number of hydrogen-bond donors (Lipinski definition) is 1. The molecule has 0 aromatic heterocycles. The maximum absolute atomic E-state index is 10.9. The zero-order valence-corrected chi connectivity index (χ0v) is 8.58. The monoisotopic (exact) mass is 220 g/mol. The summed E-state index contributed by atoms with van der Waals surface area (Å²) in [5.41, 5.74) is 5.32. The van der Waals surface area contributed by atoms with Crippen LogP contribution in [0.25, 0.3) is 0 Å². The van der Waals surface area contributed by atoms with Crippen LogP contribution < -0.4 is 5.73 Å². The topological polar surface area (TPSA) is 110 Å². The molecule has 0 radical (unpaired) electrons. The van der Waals surface area contributed by atoms with E-state index in [1.165, 1.54) is 0 Å². The fourth-order valence-corrected chi connectivity index (χ4v) is 1.35. The molecular weight excluding hydrogens is 208 g/mol. The number of nitrogens with zero attached hydrogens (tertiary/aromatic N) is 1. The van der Waals surface area contributed by atoms with Gasteiger partial charge in [0.15, 0.2) is 6.61 Å². The second-order valence-electron chi connectivity index (χ2n) is 2.79. The standard InChI is InChI=1S/C7H12N2O4S/c1-14(11,12)5-2-6(9)7(10)13-4-3-8/h6H,2,4-5,9H2,1H3/t6-/m0/s1. The van der Waals surface area contributed by atoms with Crippen molar-refractivity contribution < 1.29 is 17.9 Å². The lowest BCUT2D eigenvalue weighted by Crippen LogP contribution is -2.34. The van der Waals surface area contributed by atoms with Crippen molar-refractivity contribution >= 4 is 15.8 Å². The smallest absolute Gasteiger partial charge is 0.323 e. The molecule has 0 saturated carbocycles. The van der Waals surface area contributed by atoms with Gasteiger partial charge in [-0.25, -0.2) is 8.42 Å². The normalized spacial score (nSPS) is 12.9. The van der Waals surface area contributed by atoms with Gasteiger partial charge in [-0.05, 0) is 6.42 Å². The van der Waals surface area contributed by atoms with Gasteiger partial charge in [0, 0.05) is 6.26 Å². The van der Waals surface area contributed by atoms with E-state index < -0.39 is 21.8 Å². The zero-order chi connectivity index (χ0) is 11.2. The third kappa shape index (κ3) is 6.39. The predicted octanol–water partition coefficient (Wildman–Crippen LogP) is -1.18. The molecule has 80 valence electrons. The van der Waals surface area contributed by atoms with Crippen molar-refractivity contribution in [1.29, 1.82) is 5.26 Å². The van der Waals surface area contributed by atoms with Gasteiger partial charge in [-0.3, -0.25) is 4.79 Å². The molecule has 0 spiro atoms. The van der Waals surface area contributed by atoms with Crippen LogP contribution in [-0.4, -0.2) is 39.0 Å². The van der Waals surface area contributed by atoms with Gasteiger partial charge in [-0.2, -0.15) is 5.26 Å². The fraction of sp³-hybridized carbons (Fsp3) is 0.714. The number of rotatable bonds is 5. The summed E-state index contributed by atoms with van der Waals surface area (Å²) >= 11 is 0. The molecule has 0 aliphatic heterocycles. The highest BCUT2D eigenvalue weighted by Crippen LogP contribution is 1.96. The van der Waals surface area contributed by atoms with E-state index in [1.807, 2.05) is 0 Å². The van der Waals surface area contributed by atoms with Gasteiger partial charge >= 0.3 is 5.97 Å². The lowest BCUT2D eigenvalue weighted by Gasteiger charge is -2.08. The average molecular weight is 220 g/mol. The highest BCUT2D eigenvalue weighted by molar-refractivity contribution is 7.90. The van der Waals surface area contributed by atoms with Gasteiger partial charge in [0.05, 0.1) is 5.75 Å². The van der Waals surface area contributed by atoms with Crippen LogP contribution in [0.1, 0.15) is 6.42 Å². The predicted molar refractivity (Wildman–Crippen MR) is 48.9 cm³/mol. The van der Waals surface area contributed by atoms with Gasteiger partial charge in [0.1, 0.15) is 21.9 Å². The second kappa shape index (κ2) is 5.57.